The summed E-state index contributed by atoms with van der Waals surface area (Å²) in [6.07, 6.45) is 0. The van der Waals surface area contributed by atoms with Gasteiger partial charge < -0.3 is 0 Å². The molecule has 4 rings (SSSR count). The van der Waals surface area contributed by atoms with Gasteiger partial charge in [0.25, 0.3) is 5.56 Å². The van der Waals surface area contributed by atoms with Crippen molar-refractivity contribution in [3.63, 3.8) is 0 Å². The van der Waals surface area contributed by atoms with Crippen molar-refractivity contribution in [2.24, 2.45) is 0 Å². The van der Waals surface area contributed by atoms with E-state index in [1.165, 1.54) is 16.0 Å². The number of carbonyl (C=O) groups is 1. The Morgan fingerprint density at radius 2 is 1.90 bits per heavy atom. The molecule has 0 saturated heterocycles. The fourth-order valence-electron chi connectivity index (χ4n) is 3.30. The highest BCUT2D eigenvalue weighted by Gasteiger charge is 2.23. The minimum atomic E-state index is -0.570. The predicted molar refractivity (Wildman–Crippen MR) is 119 cm³/mol. The molecule has 0 aliphatic carbocycles. The second kappa shape index (κ2) is 8.16. The van der Waals surface area contributed by atoms with Gasteiger partial charge in [0.05, 0.1) is 17.0 Å². The van der Waals surface area contributed by atoms with Gasteiger partial charge in [0.15, 0.2) is 0 Å². The molecule has 0 unspecified atom stereocenters. The lowest BCUT2D eigenvalue weighted by Crippen LogP contribution is -2.27. The van der Waals surface area contributed by atoms with E-state index in [-0.39, 0.29) is 11.5 Å². The van der Waals surface area contributed by atoms with E-state index in [1.807, 2.05) is 56.3 Å². The molecule has 2 aromatic heterocycles. The van der Waals surface area contributed by atoms with Crippen molar-refractivity contribution < 1.29 is 4.79 Å². The number of fused-ring (bicyclic) bond motifs is 1. The maximum atomic E-state index is 12.9. The van der Waals surface area contributed by atoms with Gasteiger partial charge in [0, 0.05) is 17.5 Å². The largest absolute Gasteiger partial charge is 0.300 e. The van der Waals surface area contributed by atoms with Crippen LogP contribution in [0.2, 0.25) is 0 Å². The van der Waals surface area contributed by atoms with Crippen LogP contribution in [0.15, 0.2) is 53.3 Å². The van der Waals surface area contributed by atoms with E-state index < -0.39 is 5.92 Å². The van der Waals surface area contributed by atoms with Gasteiger partial charge in [-0.25, -0.2) is 4.68 Å². The SMILES string of the molecule is CCn1nc([C@H](C)C(=O)Nc2nnc(-c3cccc(C)c3)s2)c2ccccc2c1=O. The Labute approximate surface area is 177 Å². The van der Waals surface area contributed by atoms with Crippen molar-refractivity contribution in [3.05, 3.63) is 70.1 Å². The molecule has 1 N–H and O–H groups in total. The monoisotopic (exact) mass is 419 g/mol. The van der Waals surface area contributed by atoms with Gasteiger partial charge in [-0.2, -0.15) is 5.10 Å². The number of hydrogen-bond acceptors (Lipinski definition) is 6. The third-order valence-electron chi connectivity index (χ3n) is 4.92. The van der Waals surface area contributed by atoms with Crippen molar-refractivity contribution in [2.45, 2.75) is 33.2 Å². The molecule has 8 heteroatoms. The Bertz CT molecular complexity index is 1290. The fraction of sp³-hybridized carbons (Fsp3) is 0.227. The van der Waals surface area contributed by atoms with Gasteiger partial charge in [-0.15, -0.1) is 10.2 Å². The maximum absolute atomic E-state index is 12.9. The van der Waals surface area contributed by atoms with Crippen LogP contribution in [0.5, 0.6) is 0 Å². The number of benzene rings is 2. The van der Waals surface area contributed by atoms with E-state index in [9.17, 15) is 9.59 Å². The maximum Gasteiger partial charge on any atom is 0.274 e. The van der Waals surface area contributed by atoms with E-state index >= 15 is 0 Å². The standard InChI is InChI=1S/C22H21N5O2S/c1-4-27-21(29)17-11-6-5-10-16(17)18(26-27)14(3)19(28)23-22-25-24-20(30-22)15-9-7-8-13(2)12-15/h5-12,14H,4H2,1-3H3,(H,23,25,28)/t14-/m0/s1. The minimum absolute atomic E-state index is 0.156. The van der Waals surface area contributed by atoms with Gasteiger partial charge in [-0.1, -0.05) is 53.3 Å². The van der Waals surface area contributed by atoms with Crippen LogP contribution < -0.4 is 10.9 Å². The lowest BCUT2D eigenvalue weighted by Gasteiger charge is -2.14. The lowest BCUT2D eigenvalue weighted by molar-refractivity contribution is -0.117. The molecule has 0 bridgehead atoms. The molecule has 0 spiro atoms. The third kappa shape index (κ3) is 3.73. The fourth-order valence-corrected chi connectivity index (χ4v) is 4.04. The summed E-state index contributed by atoms with van der Waals surface area (Å²) in [6.45, 7) is 6.08. The average molecular weight is 420 g/mol. The van der Waals surface area contributed by atoms with Gasteiger partial charge in [-0.05, 0) is 32.9 Å². The van der Waals surface area contributed by atoms with E-state index in [0.29, 0.717) is 28.1 Å². The van der Waals surface area contributed by atoms with Crippen LogP contribution in [0.1, 0.15) is 31.0 Å². The normalized spacial score (nSPS) is 12.1. The molecule has 152 valence electrons. The van der Waals surface area contributed by atoms with E-state index in [0.717, 1.165) is 16.1 Å². The van der Waals surface area contributed by atoms with E-state index in [2.05, 4.69) is 20.6 Å². The Kier molecular flexibility index (Phi) is 5.41. The zero-order valence-electron chi connectivity index (χ0n) is 16.9. The first kappa shape index (κ1) is 19.9. The molecule has 7 nitrogen and oxygen atoms in total. The summed E-state index contributed by atoms with van der Waals surface area (Å²) in [5.41, 5.74) is 2.50. The first-order chi connectivity index (χ1) is 14.5. The summed E-state index contributed by atoms with van der Waals surface area (Å²) < 4.78 is 1.39. The van der Waals surface area contributed by atoms with Gasteiger partial charge >= 0.3 is 0 Å². The van der Waals surface area contributed by atoms with Gasteiger partial charge in [0.2, 0.25) is 11.0 Å². The van der Waals surface area contributed by atoms with Crippen LogP contribution in [-0.4, -0.2) is 25.9 Å². The van der Waals surface area contributed by atoms with Crippen molar-refractivity contribution >= 4 is 33.1 Å². The highest BCUT2D eigenvalue weighted by Crippen LogP contribution is 2.28. The summed E-state index contributed by atoms with van der Waals surface area (Å²) in [5, 5.41) is 18.0. The molecule has 1 amide bonds. The van der Waals surface area contributed by atoms with E-state index in [4.69, 9.17) is 0 Å². The van der Waals surface area contributed by atoms with Crippen LogP contribution in [0.4, 0.5) is 5.13 Å². The topological polar surface area (TPSA) is 89.8 Å². The second-order valence-corrected chi connectivity index (χ2v) is 8.02. The number of carbonyl (C=O) groups excluding carboxylic acids is 1. The van der Waals surface area contributed by atoms with Crippen LogP contribution in [0.25, 0.3) is 21.3 Å². The summed E-state index contributed by atoms with van der Waals surface area (Å²) in [5.74, 6) is -0.819. The van der Waals surface area contributed by atoms with Crippen molar-refractivity contribution in [1.29, 1.82) is 0 Å². The molecular weight excluding hydrogens is 398 g/mol. The van der Waals surface area contributed by atoms with Crippen LogP contribution in [-0.2, 0) is 11.3 Å². The van der Waals surface area contributed by atoms with Crippen LogP contribution in [0.3, 0.4) is 0 Å². The molecule has 0 aliphatic rings. The number of rotatable bonds is 5. The summed E-state index contributed by atoms with van der Waals surface area (Å²) in [6, 6.07) is 15.2. The summed E-state index contributed by atoms with van der Waals surface area (Å²) >= 11 is 1.32. The Morgan fingerprint density at radius 3 is 2.63 bits per heavy atom. The van der Waals surface area contributed by atoms with Gasteiger partial charge in [-0.3, -0.25) is 14.9 Å². The molecule has 2 heterocycles. The number of aryl methyl sites for hydroxylation is 2. The number of aromatic nitrogens is 4. The molecule has 0 aliphatic heterocycles. The molecule has 2 aromatic carbocycles. The number of anilines is 1. The first-order valence-corrected chi connectivity index (χ1v) is 10.5. The first-order valence-electron chi connectivity index (χ1n) is 9.69. The quantitative estimate of drug-likeness (QED) is 0.528. The Morgan fingerprint density at radius 1 is 1.13 bits per heavy atom. The number of amides is 1. The molecule has 1 atom stereocenters. The molecule has 4 aromatic rings. The smallest absolute Gasteiger partial charge is 0.274 e. The molecule has 0 radical (unpaired) electrons. The molecular formula is C22H21N5O2S. The van der Waals surface area contributed by atoms with E-state index in [1.54, 1.807) is 13.0 Å². The minimum Gasteiger partial charge on any atom is -0.300 e. The van der Waals surface area contributed by atoms with Gasteiger partial charge in [0.1, 0.15) is 5.01 Å². The highest BCUT2D eigenvalue weighted by atomic mass is 32.1. The Hall–Kier alpha value is -3.39. The zero-order chi connectivity index (χ0) is 21.3. The molecule has 0 fully saturated rings. The average Bonchev–Trinajstić information content (AvgIpc) is 3.22. The second-order valence-electron chi connectivity index (χ2n) is 7.04. The van der Waals surface area contributed by atoms with Crippen LogP contribution >= 0.6 is 11.3 Å². The van der Waals surface area contributed by atoms with Crippen molar-refractivity contribution in [2.75, 3.05) is 5.32 Å². The number of hydrogen-bond donors (Lipinski definition) is 1. The van der Waals surface area contributed by atoms with Crippen LogP contribution in [0, 0.1) is 6.92 Å². The summed E-state index contributed by atoms with van der Waals surface area (Å²) in [7, 11) is 0. The lowest BCUT2D eigenvalue weighted by atomic mass is 10.0. The predicted octanol–water partition coefficient (Wildman–Crippen LogP) is 3.99. The van der Waals surface area contributed by atoms with Crippen molar-refractivity contribution in [3.8, 4) is 10.6 Å². The third-order valence-corrected chi connectivity index (χ3v) is 5.81. The van der Waals surface area contributed by atoms with Crippen molar-refractivity contribution in [1.82, 2.24) is 20.0 Å². The molecule has 30 heavy (non-hydrogen) atoms. The highest BCUT2D eigenvalue weighted by molar-refractivity contribution is 7.18. The molecule has 0 saturated carbocycles. The summed E-state index contributed by atoms with van der Waals surface area (Å²) in [4.78, 5) is 25.5. The number of nitrogens with zero attached hydrogens (tertiary/aromatic N) is 4. The Balaban J connectivity index is 1.62. The number of nitrogens with one attached hydrogen (secondary N) is 1. The zero-order valence-corrected chi connectivity index (χ0v) is 17.7.